The zero-order chi connectivity index (χ0) is 13.5. The molecular formula is C12H24N2O3. The molecule has 100 valence electrons. The van der Waals surface area contributed by atoms with E-state index in [1.807, 2.05) is 20.8 Å². The maximum absolute atomic E-state index is 11.4. The number of nitrogens with two attached hydrogens (primary N) is 1. The molecule has 1 amide bonds. The number of carbonyl (C=O) groups excluding carboxylic acids is 1. The van der Waals surface area contributed by atoms with Gasteiger partial charge in [0.25, 0.3) is 0 Å². The van der Waals surface area contributed by atoms with E-state index in [0.29, 0.717) is 19.4 Å². The SMILES string of the molecule is CCC(N)C(=O)NCCC(C)(C)CCC(=O)O. The lowest BCUT2D eigenvalue weighted by Gasteiger charge is -2.24. The van der Waals surface area contributed by atoms with E-state index in [2.05, 4.69) is 5.32 Å². The van der Waals surface area contributed by atoms with E-state index < -0.39 is 12.0 Å². The zero-order valence-corrected chi connectivity index (χ0v) is 11.0. The second-order valence-corrected chi connectivity index (χ2v) is 5.11. The molecule has 0 saturated carbocycles. The average molecular weight is 244 g/mol. The average Bonchev–Trinajstić information content (AvgIpc) is 2.25. The standard InChI is InChI=1S/C12H24N2O3/c1-4-9(13)11(17)14-8-7-12(2,3)6-5-10(15)16/h9H,4-8,13H2,1-3H3,(H,14,17)(H,15,16). The highest BCUT2D eigenvalue weighted by atomic mass is 16.4. The van der Waals surface area contributed by atoms with Gasteiger partial charge in [-0.3, -0.25) is 9.59 Å². The number of carboxylic acids is 1. The molecule has 0 aromatic heterocycles. The lowest BCUT2D eigenvalue weighted by atomic mass is 9.84. The maximum atomic E-state index is 11.4. The highest BCUT2D eigenvalue weighted by Crippen LogP contribution is 2.25. The molecule has 0 aliphatic carbocycles. The van der Waals surface area contributed by atoms with Crippen LogP contribution in [0.2, 0.25) is 0 Å². The topological polar surface area (TPSA) is 92.4 Å². The van der Waals surface area contributed by atoms with Gasteiger partial charge in [-0.2, -0.15) is 0 Å². The largest absolute Gasteiger partial charge is 0.481 e. The summed E-state index contributed by atoms with van der Waals surface area (Å²) in [5.74, 6) is -0.920. The predicted octanol–water partition coefficient (Wildman–Crippen LogP) is 1.12. The summed E-state index contributed by atoms with van der Waals surface area (Å²) < 4.78 is 0. The van der Waals surface area contributed by atoms with Gasteiger partial charge in [0.05, 0.1) is 6.04 Å². The fourth-order valence-corrected chi connectivity index (χ4v) is 1.41. The lowest BCUT2D eigenvalue weighted by molar-refractivity contribution is -0.137. The van der Waals surface area contributed by atoms with Crippen LogP contribution in [0.1, 0.15) is 46.5 Å². The number of hydrogen-bond donors (Lipinski definition) is 3. The molecule has 1 unspecified atom stereocenters. The first-order valence-corrected chi connectivity index (χ1v) is 6.03. The molecule has 0 saturated heterocycles. The Hall–Kier alpha value is -1.10. The van der Waals surface area contributed by atoms with E-state index in [-0.39, 0.29) is 17.7 Å². The molecule has 1 atom stereocenters. The Labute approximate surface area is 103 Å². The molecule has 0 aromatic carbocycles. The van der Waals surface area contributed by atoms with Gasteiger partial charge in [0.15, 0.2) is 0 Å². The highest BCUT2D eigenvalue weighted by molar-refractivity contribution is 5.81. The highest BCUT2D eigenvalue weighted by Gasteiger charge is 2.19. The molecule has 0 heterocycles. The normalized spacial score (nSPS) is 13.2. The van der Waals surface area contributed by atoms with Crippen LogP contribution in [0.3, 0.4) is 0 Å². The van der Waals surface area contributed by atoms with E-state index in [0.717, 1.165) is 6.42 Å². The molecule has 0 aromatic rings. The molecular weight excluding hydrogens is 220 g/mol. The molecule has 0 radical (unpaired) electrons. The van der Waals surface area contributed by atoms with E-state index >= 15 is 0 Å². The van der Waals surface area contributed by atoms with Crippen LogP contribution in [0, 0.1) is 5.41 Å². The van der Waals surface area contributed by atoms with E-state index in [4.69, 9.17) is 10.8 Å². The van der Waals surface area contributed by atoms with Crippen LogP contribution in [0.5, 0.6) is 0 Å². The van der Waals surface area contributed by atoms with Crippen molar-refractivity contribution in [2.75, 3.05) is 6.54 Å². The number of rotatable bonds is 8. The molecule has 0 aliphatic rings. The molecule has 5 nitrogen and oxygen atoms in total. The second-order valence-electron chi connectivity index (χ2n) is 5.11. The van der Waals surface area contributed by atoms with Gasteiger partial charge in [0.1, 0.15) is 0 Å². The van der Waals surface area contributed by atoms with Gasteiger partial charge in [-0.25, -0.2) is 0 Å². The van der Waals surface area contributed by atoms with Crippen LogP contribution in [-0.4, -0.2) is 29.6 Å². The summed E-state index contributed by atoms with van der Waals surface area (Å²) in [7, 11) is 0. The Kier molecular flexibility index (Phi) is 6.80. The Balaban J connectivity index is 3.86. The molecule has 0 rings (SSSR count). The first kappa shape index (κ1) is 15.9. The van der Waals surface area contributed by atoms with Crippen LogP contribution in [-0.2, 0) is 9.59 Å². The van der Waals surface area contributed by atoms with Crippen molar-refractivity contribution in [3.8, 4) is 0 Å². The van der Waals surface area contributed by atoms with Gasteiger partial charge in [-0.15, -0.1) is 0 Å². The van der Waals surface area contributed by atoms with Crippen LogP contribution in [0.15, 0.2) is 0 Å². The third kappa shape index (κ3) is 7.74. The zero-order valence-electron chi connectivity index (χ0n) is 11.0. The molecule has 17 heavy (non-hydrogen) atoms. The van der Waals surface area contributed by atoms with Crippen molar-refractivity contribution >= 4 is 11.9 Å². The summed E-state index contributed by atoms with van der Waals surface area (Å²) in [5, 5.41) is 11.4. The molecule has 5 heteroatoms. The minimum absolute atomic E-state index is 0.0814. The molecule has 0 bridgehead atoms. The Bertz CT molecular complexity index is 264. The number of hydrogen-bond acceptors (Lipinski definition) is 3. The Morgan fingerprint density at radius 3 is 2.41 bits per heavy atom. The van der Waals surface area contributed by atoms with Crippen molar-refractivity contribution in [3.05, 3.63) is 0 Å². The number of aliphatic carboxylic acids is 1. The van der Waals surface area contributed by atoms with Gasteiger partial charge in [0, 0.05) is 13.0 Å². The first-order chi connectivity index (χ1) is 7.78. The summed E-state index contributed by atoms with van der Waals surface area (Å²) in [6.07, 6.45) is 2.14. The quantitative estimate of drug-likeness (QED) is 0.596. The minimum Gasteiger partial charge on any atom is -0.481 e. The molecule has 0 spiro atoms. The smallest absolute Gasteiger partial charge is 0.303 e. The van der Waals surface area contributed by atoms with Crippen LogP contribution < -0.4 is 11.1 Å². The summed E-state index contributed by atoms with van der Waals surface area (Å²) in [4.78, 5) is 21.9. The first-order valence-electron chi connectivity index (χ1n) is 6.03. The minimum atomic E-state index is -0.782. The van der Waals surface area contributed by atoms with Crippen LogP contribution >= 0.6 is 0 Å². The van der Waals surface area contributed by atoms with Crippen molar-refractivity contribution in [3.63, 3.8) is 0 Å². The Morgan fingerprint density at radius 1 is 1.35 bits per heavy atom. The van der Waals surface area contributed by atoms with Gasteiger partial charge in [-0.1, -0.05) is 20.8 Å². The number of amides is 1. The van der Waals surface area contributed by atoms with Crippen molar-refractivity contribution < 1.29 is 14.7 Å². The summed E-state index contributed by atoms with van der Waals surface area (Å²) in [6.45, 7) is 6.41. The van der Waals surface area contributed by atoms with Crippen molar-refractivity contribution in [2.45, 2.75) is 52.5 Å². The Morgan fingerprint density at radius 2 is 1.94 bits per heavy atom. The van der Waals surface area contributed by atoms with Crippen molar-refractivity contribution in [2.24, 2.45) is 11.1 Å². The number of carboxylic acid groups (broad SMARTS) is 1. The molecule has 4 N–H and O–H groups in total. The maximum Gasteiger partial charge on any atom is 0.303 e. The number of carbonyl (C=O) groups is 2. The van der Waals surface area contributed by atoms with Crippen LogP contribution in [0.25, 0.3) is 0 Å². The summed E-state index contributed by atoms with van der Waals surface area (Å²) in [5.41, 5.74) is 5.49. The fraction of sp³-hybridized carbons (Fsp3) is 0.833. The third-order valence-electron chi connectivity index (χ3n) is 2.89. The predicted molar refractivity (Wildman–Crippen MR) is 66.5 cm³/mol. The molecule has 0 aliphatic heterocycles. The van der Waals surface area contributed by atoms with Gasteiger partial charge >= 0.3 is 5.97 Å². The second kappa shape index (κ2) is 7.27. The lowest BCUT2D eigenvalue weighted by Crippen LogP contribution is -2.41. The summed E-state index contributed by atoms with van der Waals surface area (Å²) >= 11 is 0. The number of nitrogens with one attached hydrogen (secondary N) is 1. The van der Waals surface area contributed by atoms with Crippen molar-refractivity contribution in [1.82, 2.24) is 5.32 Å². The summed E-state index contributed by atoms with van der Waals surface area (Å²) in [6, 6.07) is -0.447. The van der Waals surface area contributed by atoms with Gasteiger partial charge in [-0.05, 0) is 24.7 Å². The molecule has 0 fully saturated rings. The third-order valence-corrected chi connectivity index (χ3v) is 2.89. The van der Waals surface area contributed by atoms with Gasteiger partial charge < -0.3 is 16.2 Å². The fourth-order valence-electron chi connectivity index (χ4n) is 1.41. The van der Waals surface area contributed by atoms with Crippen LogP contribution in [0.4, 0.5) is 0 Å². The monoisotopic (exact) mass is 244 g/mol. The van der Waals surface area contributed by atoms with E-state index in [1.54, 1.807) is 0 Å². The van der Waals surface area contributed by atoms with Gasteiger partial charge in [0.2, 0.25) is 5.91 Å². The van der Waals surface area contributed by atoms with E-state index in [1.165, 1.54) is 0 Å². The van der Waals surface area contributed by atoms with E-state index in [9.17, 15) is 9.59 Å². The van der Waals surface area contributed by atoms with Crippen molar-refractivity contribution in [1.29, 1.82) is 0 Å².